The number of non-ortho nitro benzene ring substituents is 1. The van der Waals surface area contributed by atoms with Gasteiger partial charge in [0.25, 0.3) is 11.6 Å². The highest BCUT2D eigenvalue weighted by Crippen LogP contribution is 2.25. The van der Waals surface area contributed by atoms with Gasteiger partial charge in [0.2, 0.25) is 5.91 Å². The Morgan fingerprint density at radius 1 is 1.17 bits per heavy atom. The molecule has 0 aliphatic heterocycles. The van der Waals surface area contributed by atoms with Crippen LogP contribution in [0.5, 0.6) is 5.75 Å². The highest BCUT2D eigenvalue weighted by atomic mass is 35.5. The van der Waals surface area contributed by atoms with E-state index in [2.05, 4.69) is 5.32 Å². The van der Waals surface area contributed by atoms with Crippen LogP contribution in [-0.2, 0) is 9.59 Å². The molecule has 8 nitrogen and oxygen atoms in total. The quantitative estimate of drug-likeness (QED) is 0.466. The van der Waals surface area contributed by atoms with Crippen LogP contribution in [-0.4, -0.2) is 41.3 Å². The molecule has 0 aliphatic rings. The lowest BCUT2D eigenvalue weighted by Gasteiger charge is -2.22. The molecule has 2 rings (SSSR count). The van der Waals surface area contributed by atoms with Crippen LogP contribution in [0.4, 0.5) is 11.4 Å². The fourth-order valence-electron chi connectivity index (χ4n) is 2.42. The van der Waals surface area contributed by atoms with E-state index in [4.69, 9.17) is 27.9 Å². The van der Waals surface area contributed by atoms with E-state index in [1.807, 2.05) is 6.92 Å². The van der Waals surface area contributed by atoms with Crippen LogP contribution >= 0.6 is 23.2 Å². The van der Waals surface area contributed by atoms with Crippen LogP contribution in [0.2, 0.25) is 10.0 Å². The van der Waals surface area contributed by atoms with Gasteiger partial charge in [0.15, 0.2) is 6.61 Å². The molecule has 0 bridgehead atoms. The smallest absolute Gasteiger partial charge is 0.269 e. The van der Waals surface area contributed by atoms with Crippen LogP contribution in [0.25, 0.3) is 0 Å². The third kappa shape index (κ3) is 6.92. The first kappa shape index (κ1) is 22.4. The number of ether oxygens (including phenoxy) is 1. The Morgan fingerprint density at radius 2 is 1.86 bits per heavy atom. The number of halogens is 2. The molecule has 0 unspecified atom stereocenters. The number of nitro benzene ring substituents is 1. The zero-order valence-electron chi connectivity index (χ0n) is 15.6. The highest BCUT2D eigenvalue weighted by Gasteiger charge is 2.18. The van der Waals surface area contributed by atoms with Crippen LogP contribution < -0.4 is 10.1 Å². The van der Waals surface area contributed by atoms with Gasteiger partial charge in [0.1, 0.15) is 5.75 Å². The maximum atomic E-state index is 12.5. The summed E-state index contributed by atoms with van der Waals surface area (Å²) in [7, 11) is 0. The number of carbonyl (C=O) groups is 2. The number of nitrogens with zero attached hydrogens (tertiary/aromatic N) is 2. The minimum Gasteiger partial charge on any atom is -0.484 e. The van der Waals surface area contributed by atoms with E-state index >= 15 is 0 Å². The molecule has 10 heteroatoms. The van der Waals surface area contributed by atoms with E-state index in [0.717, 1.165) is 0 Å². The summed E-state index contributed by atoms with van der Waals surface area (Å²) >= 11 is 11.9. The number of carbonyl (C=O) groups excluding carboxylic acids is 2. The highest BCUT2D eigenvalue weighted by molar-refractivity contribution is 6.35. The number of rotatable bonds is 9. The molecule has 0 aliphatic carbocycles. The lowest BCUT2D eigenvalue weighted by molar-refractivity contribution is -0.384. The van der Waals surface area contributed by atoms with Crippen molar-refractivity contribution in [1.82, 2.24) is 4.90 Å². The summed E-state index contributed by atoms with van der Waals surface area (Å²) < 4.78 is 5.38. The molecule has 0 radical (unpaired) electrons. The lowest BCUT2D eigenvalue weighted by atomic mass is 10.3. The van der Waals surface area contributed by atoms with Crippen LogP contribution in [0.15, 0.2) is 42.5 Å². The second-order valence-electron chi connectivity index (χ2n) is 6.03. The second kappa shape index (κ2) is 10.6. The lowest BCUT2D eigenvalue weighted by Crippen LogP contribution is -2.41. The van der Waals surface area contributed by atoms with Crippen molar-refractivity contribution in [3.05, 3.63) is 62.6 Å². The van der Waals surface area contributed by atoms with Gasteiger partial charge in [-0.15, -0.1) is 0 Å². The van der Waals surface area contributed by atoms with Gasteiger partial charge >= 0.3 is 0 Å². The number of amides is 2. The molecule has 0 atom stereocenters. The molecule has 0 aromatic heterocycles. The third-order valence-electron chi connectivity index (χ3n) is 3.79. The van der Waals surface area contributed by atoms with Gasteiger partial charge in [-0.25, -0.2) is 0 Å². The van der Waals surface area contributed by atoms with Crippen molar-refractivity contribution in [2.75, 3.05) is 25.0 Å². The van der Waals surface area contributed by atoms with Gasteiger partial charge in [-0.05, 0) is 36.8 Å². The van der Waals surface area contributed by atoms with E-state index in [1.54, 1.807) is 12.1 Å². The number of nitrogens with one attached hydrogen (secondary N) is 1. The standard InChI is InChI=1S/C19H19Cl2N3O5/c1-2-9-23(11-18(25)22-17-10-13(20)3-8-16(17)21)19(26)12-29-15-6-4-14(5-7-15)24(27)28/h3-8,10H,2,9,11-12H2,1H3,(H,22,25). The fourth-order valence-corrected chi connectivity index (χ4v) is 2.76. The monoisotopic (exact) mass is 439 g/mol. The largest absolute Gasteiger partial charge is 0.484 e. The van der Waals surface area contributed by atoms with Crippen molar-refractivity contribution >= 4 is 46.4 Å². The van der Waals surface area contributed by atoms with E-state index < -0.39 is 16.7 Å². The van der Waals surface area contributed by atoms with Gasteiger partial charge in [0, 0.05) is 23.7 Å². The Labute approximate surface area is 177 Å². The molecule has 0 saturated heterocycles. The van der Waals surface area contributed by atoms with Gasteiger partial charge in [-0.1, -0.05) is 30.1 Å². The predicted octanol–water partition coefficient (Wildman–Crippen LogP) is 4.16. The Hall–Kier alpha value is -2.84. The van der Waals surface area contributed by atoms with E-state index in [0.29, 0.717) is 34.4 Å². The van der Waals surface area contributed by atoms with Gasteiger partial charge in [0.05, 0.1) is 22.2 Å². The topological polar surface area (TPSA) is 102 Å². The maximum absolute atomic E-state index is 12.5. The Morgan fingerprint density at radius 3 is 2.48 bits per heavy atom. The minimum absolute atomic E-state index is 0.0763. The predicted molar refractivity (Wildman–Crippen MR) is 111 cm³/mol. The normalized spacial score (nSPS) is 10.3. The van der Waals surface area contributed by atoms with Crippen molar-refractivity contribution in [3.8, 4) is 5.75 Å². The van der Waals surface area contributed by atoms with Crippen LogP contribution in [0.3, 0.4) is 0 Å². The maximum Gasteiger partial charge on any atom is 0.269 e. The molecule has 0 spiro atoms. The number of hydrogen-bond acceptors (Lipinski definition) is 5. The molecule has 0 heterocycles. The minimum atomic E-state index is -0.525. The molecule has 29 heavy (non-hydrogen) atoms. The average molecular weight is 440 g/mol. The summed E-state index contributed by atoms with van der Waals surface area (Å²) in [6.07, 6.45) is 0.647. The first-order chi connectivity index (χ1) is 13.8. The number of nitro groups is 1. The van der Waals surface area contributed by atoms with Gasteiger partial charge in [-0.3, -0.25) is 19.7 Å². The number of benzene rings is 2. The van der Waals surface area contributed by atoms with Crippen molar-refractivity contribution in [3.63, 3.8) is 0 Å². The van der Waals surface area contributed by atoms with Crippen molar-refractivity contribution < 1.29 is 19.2 Å². The summed E-state index contributed by atoms with van der Waals surface area (Å²) in [5, 5.41) is 14.0. The molecule has 1 N–H and O–H groups in total. The summed E-state index contributed by atoms with van der Waals surface area (Å²) in [5.41, 5.74) is 0.280. The van der Waals surface area contributed by atoms with Crippen molar-refractivity contribution in [2.45, 2.75) is 13.3 Å². The van der Waals surface area contributed by atoms with Gasteiger partial charge < -0.3 is 15.0 Å². The number of anilines is 1. The summed E-state index contributed by atoms with van der Waals surface area (Å²) in [6.45, 7) is 1.75. The molecular weight excluding hydrogens is 421 g/mol. The second-order valence-corrected chi connectivity index (χ2v) is 6.87. The fraction of sp³-hybridized carbons (Fsp3) is 0.263. The summed E-state index contributed by atoms with van der Waals surface area (Å²) in [4.78, 5) is 36.3. The zero-order valence-corrected chi connectivity index (χ0v) is 17.1. The zero-order chi connectivity index (χ0) is 21.4. The molecule has 0 saturated carbocycles. The SMILES string of the molecule is CCCN(CC(=O)Nc1cc(Cl)ccc1Cl)C(=O)COc1ccc([N+](=O)[O-])cc1. The molecule has 0 fully saturated rings. The first-order valence-corrected chi connectivity index (χ1v) is 9.45. The van der Waals surface area contributed by atoms with E-state index in [-0.39, 0.29) is 18.8 Å². The average Bonchev–Trinajstić information content (AvgIpc) is 2.69. The van der Waals surface area contributed by atoms with E-state index in [9.17, 15) is 19.7 Å². The summed E-state index contributed by atoms with van der Waals surface area (Å²) in [6, 6.07) is 10.1. The molecule has 2 amide bonds. The molecular formula is C19H19Cl2N3O5. The first-order valence-electron chi connectivity index (χ1n) is 8.70. The Balaban J connectivity index is 1.94. The molecule has 154 valence electrons. The molecule has 2 aromatic rings. The van der Waals surface area contributed by atoms with Gasteiger partial charge in [-0.2, -0.15) is 0 Å². The van der Waals surface area contributed by atoms with Crippen LogP contribution in [0, 0.1) is 10.1 Å². The Kier molecular flexibility index (Phi) is 8.23. The third-order valence-corrected chi connectivity index (χ3v) is 4.36. The number of hydrogen-bond donors (Lipinski definition) is 1. The Bertz CT molecular complexity index is 890. The molecule has 2 aromatic carbocycles. The van der Waals surface area contributed by atoms with E-state index in [1.165, 1.54) is 35.2 Å². The van der Waals surface area contributed by atoms with Crippen LogP contribution in [0.1, 0.15) is 13.3 Å². The van der Waals surface area contributed by atoms with Crippen molar-refractivity contribution in [2.24, 2.45) is 0 Å². The summed E-state index contributed by atoms with van der Waals surface area (Å²) in [5.74, 6) is -0.501. The van der Waals surface area contributed by atoms with Crippen molar-refractivity contribution in [1.29, 1.82) is 0 Å².